The Hall–Kier alpha value is -0.550. The number of hydrogen-bond acceptors (Lipinski definition) is 1. The Kier molecular flexibility index (Phi) is 3.45. The van der Waals surface area contributed by atoms with Crippen LogP contribution < -0.4 is 5.73 Å². The van der Waals surface area contributed by atoms with Gasteiger partial charge < -0.3 is 5.73 Å². The molecule has 0 fully saturated rings. The number of nitrogens with two attached hydrogens (primary N) is 1. The van der Waals surface area contributed by atoms with Crippen molar-refractivity contribution in [2.45, 2.75) is 26.1 Å². The molecule has 1 atom stereocenters. The lowest BCUT2D eigenvalue weighted by molar-refractivity contribution is -0.149. The third kappa shape index (κ3) is 2.72. The number of aryl methyl sites for hydroxylation is 2. The molecule has 0 spiro atoms. The van der Waals surface area contributed by atoms with Crippen LogP contribution >= 0.6 is 15.9 Å². The van der Waals surface area contributed by atoms with Crippen molar-refractivity contribution in [1.82, 2.24) is 0 Å². The van der Waals surface area contributed by atoms with Gasteiger partial charge in [0.25, 0.3) is 0 Å². The summed E-state index contributed by atoms with van der Waals surface area (Å²) < 4.78 is 37.9. The molecule has 1 rings (SSSR count). The molecule has 1 aromatic carbocycles. The zero-order valence-electron chi connectivity index (χ0n) is 8.32. The molecule has 1 aromatic rings. The van der Waals surface area contributed by atoms with Crippen molar-refractivity contribution in [1.29, 1.82) is 0 Å². The second-order valence-corrected chi connectivity index (χ2v) is 4.28. The van der Waals surface area contributed by atoms with E-state index in [1.807, 2.05) is 0 Å². The summed E-state index contributed by atoms with van der Waals surface area (Å²) in [5.74, 6) is 0. The van der Waals surface area contributed by atoms with Crippen LogP contribution in [0.3, 0.4) is 0 Å². The summed E-state index contributed by atoms with van der Waals surface area (Å²) in [5.41, 5.74) is 6.73. The molecule has 0 aliphatic heterocycles. The highest BCUT2D eigenvalue weighted by molar-refractivity contribution is 9.10. The summed E-state index contributed by atoms with van der Waals surface area (Å²) in [5, 5.41) is 0. The van der Waals surface area contributed by atoms with Gasteiger partial charge in [-0.3, -0.25) is 0 Å². The first-order chi connectivity index (χ1) is 6.73. The summed E-state index contributed by atoms with van der Waals surface area (Å²) >= 11 is 3.29. The largest absolute Gasteiger partial charge is 0.407 e. The van der Waals surface area contributed by atoms with E-state index in [4.69, 9.17) is 5.73 Å². The standard InChI is InChI=1S/C10H11BrF3N/c1-5-3-7(4-6(2)8(5)11)9(15)10(12,13)14/h3-4,9H,15H2,1-2H3. The van der Waals surface area contributed by atoms with Crippen molar-refractivity contribution in [2.24, 2.45) is 5.73 Å². The van der Waals surface area contributed by atoms with E-state index in [1.165, 1.54) is 12.1 Å². The minimum Gasteiger partial charge on any atom is -0.316 e. The lowest BCUT2D eigenvalue weighted by Crippen LogP contribution is -2.28. The number of hydrogen-bond donors (Lipinski definition) is 1. The fourth-order valence-electron chi connectivity index (χ4n) is 1.35. The first kappa shape index (κ1) is 12.5. The van der Waals surface area contributed by atoms with Crippen LogP contribution in [-0.2, 0) is 0 Å². The van der Waals surface area contributed by atoms with Crippen molar-refractivity contribution in [3.63, 3.8) is 0 Å². The van der Waals surface area contributed by atoms with Crippen molar-refractivity contribution in [2.75, 3.05) is 0 Å². The predicted molar refractivity (Wildman–Crippen MR) is 56.6 cm³/mol. The van der Waals surface area contributed by atoms with E-state index in [0.717, 1.165) is 15.6 Å². The van der Waals surface area contributed by atoms with E-state index in [1.54, 1.807) is 13.8 Å². The molecular formula is C10H11BrF3N. The van der Waals surface area contributed by atoms with Crippen molar-refractivity contribution < 1.29 is 13.2 Å². The number of benzene rings is 1. The molecule has 0 saturated carbocycles. The quantitative estimate of drug-likeness (QED) is 0.836. The molecule has 0 aromatic heterocycles. The summed E-state index contributed by atoms with van der Waals surface area (Å²) in [6.45, 7) is 3.48. The van der Waals surface area contributed by atoms with Gasteiger partial charge in [-0.15, -0.1) is 0 Å². The van der Waals surface area contributed by atoms with Gasteiger partial charge in [-0.1, -0.05) is 28.1 Å². The van der Waals surface area contributed by atoms with Crippen LogP contribution in [-0.4, -0.2) is 6.18 Å². The Bertz CT molecular complexity index is 350. The summed E-state index contributed by atoms with van der Waals surface area (Å²) in [6.07, 6.45) is -4.40. The van der Waals surface area contributed by atoms with Crippen LogP contribution in [0.5, 0.6) is 0 Å². The zero-order chi connectivity index (χ0) is 11.8. The van der Waals surface area contributed by atoms with Crippen molar-refractivity contribution >= 4 is 15.9 Å². The second kappa shape index (κ2) is 4.14. The minimum absolute atomic E-state index is 0.0979. The molecule has 1 unspecified atom stereocenters. The fourth-order valence-corrected chi connectivity index (χ4v) is 1.58. The predicted octanol–water partition coefficient (Wildman–Crippen LogP) is 3.63. The highest BCUT2D eigenvalue weighted by Crippen LogP contribution is 2.33. The van der Waals surface area contributed by atoms with Gasteiger partial charge in [-0.2, -0.15) is 13.2 Å². The van der Waals surface area contributed by atoms with Crippen LogP contribution in [0.4, 0.5) is 13.2 Å². The highest BCUT2D eigenvalue weighted by atomic mass is 79.9. The maximum Gasteiger partial charge on any atom is 0.407 e. The van der Waals surface area contributed by atoms with Crippen molar-refractivity contribution in [3.05, 3.63) is 33.3 Å². The summed E-state index contributed by atoms with van der Waals surface area (Å²) in [4.78, 5) is 0. The number of rotatable bonds is 1. The normalized spacial score (nSPS) is 14.1. The summed E-state index contributed by atoms with van der Waals surface area (Å²) in [7, 11) is 0. The van der Waals surface area contributed by atoms with Crippen LogP contribution in [0.2, 0.25) is 0 Å². The van der Waals surface area contributed by atoms with Gasteiger partial charge in [0.2, 0.25) is 0 Å². The topological polar surface area (TPSA) is 26.0 Å². The molecular weight excluding hydrogens is 271 g/mol. The van der Waals surface area contributed by atoms with Crippen LogP contribution in [0.15, 0.2) is 16.6 Å². The first-order valence-corrected chi connectivity index (χ1v) is 5.11. The third-order valence-corrected chi connectivity index (χ3v) is 3.42. The number of alkyl halides is 3. The average molecular weight is 282 g/mol. The molecule has 0 aliphatic carbocycles. The van der Waals surface area contributed by atoms with Gasteiger partial charge >= 0.3 is 6.18 Å². The van der Waals surface area contributed by atoms with Crippen LogP contribution in [0, 0.1) is 13.8 Å². The van der Waals surface area contributed by atoms with Gasteiger partial charge in [-0.25, -0.2) is 0 Å². The van der Waals surface area contributed by atoms with Gasteiger partial charge in [0.05, 0.1) is 0 Å². The fraction of sp³-hybridized carbons (Fsp3) is 0.400. The average Bonchev–Trinajstić information content (AvgIpc) is 2.10. The van der Waals surface area contributed by atoms with E-state index in [2.05, 4.69) is 15.9 Å². The Morgan fingerprint density at radius 1 is 1.20 bits per heavy atom. The smallest absolute Gasteiger partial charge is 0.316 e. The van der Waals surface area contributed by atoms with E-state index in [9.17, 15) is 13.2 Å². The molecule has 1 nitrogen and oxygen atoms in total. The van der Waals surface area contributed by atoms with E-state index in [0.29, 0.717) is 0 Å². The lowest BCUT2D eigenvalue weighted by Gasteiger charge is -2.17. The van der Waals surface area contributed by atoms with E-state index < -0.39 is 12.2 Å². The maximum absolute atomic E-state index is 12.4. The van der Waals surface area contributed by atoms with Gasteiger partial charge in [0, 0.05) is 4.47 Å². The molecule has 0 amide bonds. The molecule has 0 bridgehead atoms. The first-order valence-electron chi connectivity index (χ1n) is 4.32. The molecule has 15 heavy (non-hydrogen) atoms. The van der Waals surface area contributed by atoms with Crippen molar-refractivity contribution in [3.8, 4) is 0 Å². The molecule has 0 heterocycles. The lowest BCUT2D eigenvalue weighted by atomic mass is 10.0. The second-order valence-electron chi connectivity index (χ2n) is 3.49. The monoisotopic (exact) mass is 281 g/mol. The van der Waals surface area contributed by atoms with Gasteiger partial charge in [0.15, 0.2) is 0 Å². The Morgan fingerprint density at radius 3 is 1.93 bits per heavy atom. The maximum atomic E-state index is 12.4. The molecule has 0 radical (unpaired) electrons. The molecule has 5 heteroatoms. The Balaban J connectivity index is 3.17. The van der Waals surface area contributed by atoms with Gasteiger partial charge in [0.1, 0.15) is 6.04 Å². The van der Waals surface area contributed by atoms with Gasteiger partial charge in [-0.05, 0) is 30.5 Å². The van der Waals surface area contributed by atoms with Crippen LogP contribution in [0.25, 0.3) is 0 Å². The van der Waals surface area contributed by atoms with Crippen LogP contribution in [0.1, 0.15) is 22.7 Å². The summed E-state index contributed by atoms with van der Waals surface area (Å²) in [6, 6.07) is 0.993. The Labute approximate surface area is 94.6 Å². The Morgan fingerprint density at radius 2 is 1.60 bits per heavy atom. The minimum atomic E-state index is -4.40. The molecule has 0 saturated heterocycles. The zero-order valence-corrected chi connectivity index (χ0v) is 9.91. The molecule has 2 N–H and O–H groups in total. The molecule has 84 valence electrons. The molecule has 0 aliphatic rings. The van der Waals surface area contributed by atoms with E-state index in [-0.39, 0.29) is 5.56 Å². The SMILES string of the molecule is Cc1cc(C(N)C(F)(F)F)cc(C)c1Br. The van der Waals surface area contributed by atoms with E-state index >= 15 is 0 Å². The third-order valence-electron chi connectivity index (χ3n) is 2.17. The highest BCUT2D eigenvalue weighted by Gasteiger charge is 2.38. The number of halogens is 4.